The number of benzene rings is 2. The summed E-state index contributed by atoms with van der Waals surface area (Å²) >= 11 is 0. The lowest BCUT2D eigenvalue weighted by Gasteiger charge is -2.28. The quantitative estimate of drug-likeness (QED) is 0.474. The van der Waals surface area contributed by atoms with Gasteiger partial charge in [0.2, 0.25) is 0 Å². The molecule has 4 rings (SSSR count). The van der Waals surface area contributed by atoms with Gasteiger partial charge in [0.1, 0.15) is 0 Å². The second-order valence-electron chi connectivity index (χ2n) is 8.71. The molecule has 2 amide bonds. The Morgan fingerprint density at radius 3 is 2.31 bits per heavy atom. The molecule has 2 aromatic carbocycles. The van der Waals surface area contributed by atoms with Crippen LogP contribution in [0.5, 0.6) is 0 Å². The minimum Gasteiger partial charge on any atom is -0.475 e. The number of hydrogen-bond donors (Lipinski definition) is 3. The normalized spacial score (nSPS) is 19.7. The molecule has 2 saturated heterocycles. The number of urea groups is 1. The molecule has 0 spiro atoms. The van der Waals surface area contributed by atoms with Crippen molar-refractivity contribution in [1.82, 2.24) is 4.90 Å². The average molecular weight is 504 g/mol. The van der Waals surface area contributed by atoms with E-state index in [0.29, 0.717) is 23.5 Å². The molecule has 0 radical (unpaired) electrons. The Morgan fingerprint density at radius 1 is 1.06 bits per heavy atom. The molecule has 0 bridgehead atoms. The molecule has 0 saturated carbocycles. The van der Waals surface area contributed by atoms with Crippen LogP contribution < -0.4 is 15.5 Å². The maximum atomic E-state index is 12.2. The third-order valence-electron chi connectivity index (χ3n) is 6.20. The zero-order valence-electron chi connectivity index (χ0n) is 19.8. The summed E-state index contributed by atoms with van der Waals surface area (Å²) in [6.45, 7) is 12.8. The van der Waals surface area contributed by atoms with E-state index in [1.165, 1.54) is 31.5 Å². The van der Waals surface area contributed by atoms with Gasteiger partial charge in [-0.2, -0.15) is 13.2 Å². The first-order valence-corrected chi connectivity index (χ1v) is 11.5. The minimum atomic E-state index is -5.08. The number of hydrogen-bond acceptors (Lipinski definition) is 4. The number of nitrogens with one attached hydrogen (secondary N) is 2. The number of amides is 2. The van der Waals surface area contributed by atoms with Crippen molar-refractivity contribution in [3.05, 3.63) is 59.9 Å². The number of carbonyl (C=O) groups excluding carboxylic acids is 1. The summed E-state index contributed by atoms with van der Waals surface area (Å²) in [7, 11) is 0. The molecule has 3 N–H and O–H groups in total. The van der Waals surface area contributed by atoms with Crippen LogP contribution in [-0.2, 0) is 4.79 Å². The van der Waals surface area contributed by atoms with Gasteiger partial charge in [-0.25, -0.2) is 14.4 Å². The van der Waals surface area contributed by atoms with Crippen molar-refractivity contribution in [2.24, 2.45) is 0 Å². The van der Waals surface area contributed by atoms with Crippen LogP contribution >= 0.6 is 0 Å². The molecule has 0 aromatic heterocycles. The zero-order chi connectivity index (χ0) is 26.3. The van der Waals surface area contributed by atoms with Gasteiger partial charge in [0, 0.05) is 42.2 Å². The van der Waals surface area contributed by atoms with Crippen molar-refractivity contribution in [2.75, 3.05) is 35.2 Å². The molecule has 2 heterocycles. The highest BCUT2D eigenvalue weighted by molar-refractivity contribution is 6.00. The van der Waals surface area contributed by atoms with E-state index in [1.807, 2.05) is 12.1 Å². The van der Waals surface area contributed by atoms with Gasteiger partial charge in [-0.15, -0.1) is 0 Å². The van der Waals surface area contributed by atoms with Gasteiger partial charge in [-0.1, -0.05) is 12.1 Å². The highest BCUT2D eigenvalue weighted by Crippen LogP contribution is 2.29. The smallest absolute Gasteiger partial charge is 0.475 e. The molecule has 8 nitrogen and oxygen atoms in total. The van der Waals surface area contributed by atoms with E-state index >= 15 is 0 Å². The summed E-state index contributed by atoms with van der Waals surface area (Å²) in [6, 6.07) is 16.0. The molecule has 36 heavy (non-hydrogen) atoms. The van der Waals surface area contributed by atoms with Gasteiger partial charge in [0.25, 0.3) is 0 Å². The van der Waals surface area contributed by atoms with Crippen LogP contribution in [0.3, 0.4) is 0 Å². The second kappa shape index (κ2) is 11.8. The first kappa shape index (κ1) is 26.8. The van der Waals surface area contributed by atoms with Crippen LogP contribution in [0.25, 0.3) is 4.85 Å². The summed E-state index contributed by atoms with van der Waals surface area (Å²) in [5.74, 6) is -2.76. The van der Waals surface area contributed by atoms with E-state index in [-0.39, 0.29) is 6.03 Å². The van der Waals surface area contributed by atoms with Crippen molar-refractivity contribution < 1.29 is 27.9 Å². The fourth-order valence-electron chi connectivity index (χ4n) is 4.45. The maximum absolute atomic E-state index is 12.2. The van der Waals surface area contributed by atoms with E-state index in [0.717, 1.165) is 18.8 Å². The van der Waals surface area contributed by atoms with Crippen molar-refractivity contribution in [3.63, 3.8) is 0 Å². The van der Waals surface area contributed by atoms with Gasteiger partial charge in [-0.3, -0.25) is 4.90 Å². The Morgan fingerprint density at radius 2 is 1.72 bits per heavy atom. The van der Waals surface area contributed by atoms with Gasteiger partial charge in [0.15, 0.2) is 5.69 Å². The highest BCUT2D eigenvalue weighted by Gasteiger charge is 2.38. The molecule has 11 heteroatoms. The number of alkyl halides is 3. The molecule has 2 unspecified atom stereocenters. The number of aliphatic carboxylic acids is 1. The third kappa shape index (κ3) is 7.36. The number of halogens is 3. The van der Waals surface area contributed by atoms with Gasteiger partial charge in [-0.05, 0) is 69.1 Å². The largest absolute Gasteiger partial charge is 0.490 e. The molecular formula is C25H28F3N5O3. The molecule has 2 atom stereocenters. The Balaban J connectivity index is 0.000000454. The molecule has 0 aliphatic carbocycles. The lowest BCUT2D eigenvalue weighted by atomic mass is 10.2. The fourth-order valence-corrected chi connectivity index (χ4v) is 4.45. The first-order chi connectivity index (χ1) is 17.1. The average Bonchev–Trinajstić information content (AvgIpc) is 3.48. The second-order valence-corrected chi connectivity index (χ2v) is 8.71. The predicted molar refractivity (Wildman–Crippen MR) is 131 cm³/mol. The van der Waals surface area contributed by atoms with E-state index in [4.69, 9.17) is 16.5 Å². The van der Waals surface area contributed by atoms with Crippen LogP contribution in [0.1, 0.15) is 26.2 Å². The summed E-state index contributed by atoms with van der Waals surface area (Å²) < 4.78 is 31.7. The molecule has 192 valence electrons. The van der Waals surface area contributed by atoms with Crippen molar-refractivity contribution in [3.8, 4) is 0 Å². The number of carboxylic acids is 1. The number of carboxylic acid groups (broad SMARTS) is 1. The Bertz CT molecular complexity index is 1100. The Labute approximate surface area is 207 Å². The van der Waals surface area contributed by atoms with Crippen LogP contribution in [0, 0.1) is 6.57 Å². The third-order valence-corrected chi connectivity index (χ3v) is 6.20. The van der Waals surface area contributed by atoms with Crippen molar-refractivity contribution >= 4 is 34.7 Å². The van der Waals surface area contributed by atoms with E-state index in [1.54, 1.807) is 24.3 Å². The zero-order valence-corrected chi connectivity index (χ0v) is 19.8. The number of nitrogens with zero attached hydrogens (tertiary/aromatic N) is 3. The molecule has 2 aliphatic heterocycles. The SMILES string of the molecule is O=C(O)C(F)(F)F.[C-]#[N+]c1cccc(NC(=O)Nc2ccc(N3CCC(N4CCCC4C)C3)cc2)c1. The molecule has 2 aromatic rings. The number of carbonyl (C=O) groups is 2. The lowest BCUT2D eigenvalue weighted by Crippen LogP contribution is -2.39. The predicted octanol–water partition coefficient (Wildman–Crippen LogP) is 5.58. The lowest BCUT2D eigenvalue weighted by molar-refractivity contribution is -0.192. The topological polar surface area (TPSA) is 89.3 Å². The van der Waals surface area contributed by atoms with Crippen LogP contribution in [0.4, 0.5) is 40.7 Å². The van der Waals surface area contributed by atoms with Gasteiger partial charge < -0.3 is 20.6 Å². The van der Waals surface area contributed by atoms with Crippen LogP contribution in [-0.4, -0.2) is 59.9 Å². The van der Waals surface area contributed by atoms with E-state index < -0.39 is 12.1 Å². The maximum Gasteiger partial charge on any atom is 0.490 e. The van der Waals surface area contributed by atoms with Gasteiger partial charge in [0.05, 0.1) is 6.57 Å². The van der Waals surface area contributed by atoms with E-state index in [2.05, 4.69) is 44.3 Å². The number of anilines is 3. The molecular weight excluding hydrogens is 475 g/mol. The number of likely N-dealkylation sites (tertiary alicyclic amines) is 1. The monoisotopic (exact) mass is 503 g/mol. The summed E-state index contributed by atoms with van der Waals surface area (Å²) in [6.07, 6.45) is -1.22. The molecule has 2 aliphatic rings. The Hall–Kier alpha value is -3.78. The molecule has 2 fully saturated rings. The van der Waals surface area contributed by atoms with E-state index in [9.17, 15) is 18.0 Å². The van der Waals surface area contributed by atoms with Gasteiger partial charge >= 0.3 is 18.2 Å². The van der Waals surface area contributed by atoms with Crippen molar-refractivity contribution in [2.45, 2.75) is 44.4 Å². The van der Waals surface area contributed by atoms with Crippen LogP contribution in [0.15, 0.2) is 48.5 Å². The Kier molecular flexibility index (Phi) is 8.77. The summed E-state index contributed by atoms with van der Waals surface area (Å²) in [5.41, 5.74) is 3.05. The fraction of sp³-hybridized carbons (Fsp3) is 0.400. The summed E-state index contributed by atoms with van der Waals surface area (Å²) in [5, 5.41) is 12.7. The standard InChI is InChI=1S/C23H27N5O.C2HF3O2/c1-17-5-4-13-28(17)22-12-14-27(16-22)21-10-8-18(9-11-21)25-23(29)26-20-7-3-6-19(15-20)24-2;3-2(4,5)1(6)7/h3,6-11,15,17,22H,4-5,12-14,16H2,1H3,(H2,25,26,29);(H,6,7). The summed E-state index contributed by atoms with van der Waals surface area (Å²) in [4.78, 5) is 29.6. The first-order valence-electron chi connectivity index (χ1n) is 11.5. The van der Waals surface area contributed by atoms with Crippen molar-refractivity contribution in [1.29, 1.82) is 0 Å². The van der Waals surface area contributed by atoms with Crippen LogP contribution in [0.2, 0.25) is 0 Å². The highest BCUT2D eigenvalue weighted by atomic mass is 19.4. The number of rotatable bonds is 4. The minimum absolute atomic E-state index is 0.316.